The summed E-state index contributed by atoms with van der Waals surface area (Å²) in [4.78, 5) is 0. The van der Waals surface area contributed by atoms with Gasteiger partial charge >= 0.3 is 0 Å². The number of phenolic OH excluding ortho intramolecular Hbond substituents is 1. The molecule has 1 N–H and O–H groups in total. The number of phenols is 1. The van der Waals surface area contributed by atoms with Crippen LogP contribution in [-0.2, 0) is 15.3 Å². The van der Waals surface area contributed by atoms with Crippen LogP contribution >= 0.6 is 0 Å². The highest BCUT2D eigenvalue weighted by molar-refractivity contribution is 5.84. The molecule has 94 valence electrons. The minimum Gasteiger partial charge on any atom is -0.508 e. The Morgan fingerprint density at radius 2 is 1.72 bits per heavy atom. The van der Waals surface area contributed by atoms with Gasteiger partial charge in [-0.15, -0.1) is 0 Å². The number of fused-ring (bicyclic) bond motifs is 1. The Kier molecular flexibility index (Phi) is 2.73. The van der Waals surface area contributed by atoms with Gasteiger partial charge in [0.2, 0.25) is 0 Å². The lowest BCUT2D eigenvalue weighted by Gasteiger charge is -2.26. The first-order valence-corrected chi connectivity index (χ1v) is 6.25. The van der Waals surface area contributed by atoms with E-state index in [0.29, 0.717) is 13.2 Å². The fourth-order valence-electron chi connectivity index (χ4n) is 2.50. The van der Waals surface area contributed by atoms with Crippen LogP contribution in [-0.4, -0.2) is 18.3 Å². The molecule has 3 nitrogen and oxygen atoms in total. The standard InChI is InChI=1S/C15H16O3/c1-2-15(17-7-8-18-15)13-5-3-12-10-14(16)6-4-11(12)9-13/h3-6,9-10,16H,2,7-8H2,1H3. The molecule has 0 aliphatic carbocycles. The topological polar surface area (TPSA) is 38.7 Å². The molecule has 1 aliphatic rings. The van der Waals surface area contributed by atoms with Gasteiger partial charge < -0.3 is 14.6 Å². The highest BCUT2D eigenvalue weighted by Gasteiger charge is 2.36. The van der Waals surface area contributed by atoms with Gasteiger partial charge in [0.25, 0.3) is 0 Å². The molecule has 1 aliphatic heterocycles. The lowest BCUT2D eigenvalue weighted by atomic mass is 9.99. The Morgan fingerprint density at radius 3 is 2.44 bits per heavy atom. The van der Waals surface area contributed by atoms with Crippen molar-refractivity contribution in [2.24, 2.45) is 0 Å². The first-order chi connectivity index (χ1) is 8.73. The predicted molar refractivity (Wildman–Crippen MR) is 69.5 cm³/mol. The summed E-state index contributed by atoms with van der Waals surface area (Å²) in [6.45, 7) is 3.34. The molecule has 1 fully saturated rings. The van der Waals surface area contributed by atoms with Crippen LogP contribution in [0.3, 0.4) is 0 Å². The molecule has 0 spiro atoms. The van der Waals surface area contributed by atoms with Crippen molar-refractivity contribution < 1.29 is 14.6 Å². The first-order valence-electron chi connectivity index (χ1n) is 6.25. The van der Waals surface area contributed by atoms with Crippen LogP contribution in [0.15, 0.2) is 36.4 Å². The van der Waals surface area contributed by atoms with Gasteiger partial charge in [0.1, 0.15) is 5.75 Å². The Morgan fingerprint density at radius 1 is 1.06 bits per heavy atom. The molecule has 3 heteroatoms. The van der Waals surface area contributed by atoms with Crippen molar-refractivity contribution in [3.63, 3.8) is 0 Å². The number of rotatable bonds is 2. The van der Waals surface area contributed by atoms with E-state index in [-0.39, 0.29) is 5.75 Å². The molecule has 0 amide bonds. The Balaban J connectivity index is 2.10. The van der Waals surface area contributed by atoms with Crippen molar-refractivity contribution in [1.29, 1.82) is 0 Å². The van der Waals surface area contributed by atoms with E-state index in [1.807, 2.05) is 18.2 Å². The fourth-order valence-corrected chi connectivity index (χ4v) is 2.50. The molecule has 18 heavy (non-hydrogen) atoms. The van der Waals surface area contributed by atoms with Crippen molar-refractivity contribution in [2.45, 2.75) is 19.1 Å². The lowest BCUT2D eigenvalue weighted by Crippen LogP contribution is -2.25. The smallest absolute Gasteiger partial charge is 0.194 e. The third-order valence-corrected chi connectivity index (χ3v) is 3.48. The predicted octanol–water partition coefficient (Wildman–Crippen LogP) is 3.16. The quantitative estimate of drug-likeness (QED) is 0.882. The summed E-state index contributed by atoms with van der Waals surface area (Å²) in [7, 11) is 0. The molecule has 0 atom stereocenters. The summed E-state index contributed by atoms with van der Waals surface area (Å²) >= 11 is 0. The number of benzene rings is 2. The second-order valence-electron chi connectivity index (χ2n) is 4.55. The third-order valence-electron chi connectivity index (χ3n) is 3.48. The van der Waals surface area contributed by atoms with Gasteiger partial charge in [-0.2, -0.15) is 0 Å². The summed E-state index contributed by atoms with van der Waals surface area (Å²) in [5.74, 6) is -0.305. The van der Waals surface area contributed by atoms with Gasteiger partial charge in [0.05, 0.1) is 13.2 Å². The molecule has 2 aromatic carbocycles. The van der Waals surface area contributed by atoms with Crippen LogP contribution < -0.4 is 0 Å². The average Bonchev–Trinajstić information content (AvgIpc) is 2.88. The van der Waals surface area contributed by atoms with E-state index in [1.54, 1.807) is 12.1 Å². The largest absolute Gasteiger partial charge is 0.508 e. The zero-order valence-electron chi connectivity index (χ0n) is 10.3. The second-order valence-corrected chi connectivity index (χ2v) is 4.55. The lowest BCUT2D eigenvalue weighted by molar-refractivity contribution is -0.167. The SMILES string of the molecule is CCC1(c2ccc3cc(O)ccc3c2)OCCO1. The Bertz CT molecular complexity index is 571. The maximum atomic E-state index is 9.46. The zero-order chi connectivity index (χ0) is 12.6. The van der Waals surface area contributed by atoms with E-state index in [2.05, 4.69) is 13.0 Å². The number of hydrogen-bond acceptors (Lipinski definition) is 3. The minimum atomic E-state index is -0.591. The van der Waals surface area contributed by atoms with Crippen molar-refractivity contribution in [3.8, 4) is 5.75 Å². The molecule has 3 rings (SSSR count). The molecule has 0 aromatic heterocycles. The summed E-state index contributed by atoms with van der Waals surface area (Å²) < 4.78 is 11.6. The number of aromatic hydroxyl groups is 1. The molecule has 0 unspecified atom stereocenters. The van der Waals surface area contributed by atoms with Crippen molar-refractivity contribution in [2.75, 3.05) is 13.2 Å². The van der Waals surface area contributed by atoms with Crippen molar-refractivity contribution in [1.82, 2.24) is 0 Å². The second kappa shape index (κ2) is 4.26. The van der Waals surface area contributed by atoms with E-state index in [4.69, 9.17) is 9.47 Å². The van der Waals surface area contributed by atoms with Crippen LogP contribution in [0.1, 0.15) is 18.9 Å². The Labute approximate surface area is 106 Å². The maximum Gasteiger partial charge on any atom is 0.194 e. The highest BCUT2D eigenvalue weighted by Crippen LogP contribution is 2.36. The van der Waals surface area contributed by atoms with Gasteiger partial charge in [-0.1, -0.05) is 25.1 Å². The normalized spacial score (nSPS) is 18.3. The monoisotopic (exact) mass is 244 g/mol. The maximum absolute atomic E-state index is 9.46. The first kappa shape index (κ1) is 11.5. The van der Waals surface area contributed by atoms with E-state index in [1.165, 1.54) is 0 Å². The van der Waals surface area contributed by atoms with Gasteiger partial charge in [-0.05, 0) is 29.0 Å². The van der Waals surface area contributed by atoms with Crippen LogP contribution in [0, 0.1) is 0 Å². The molecule has 2 aromatic rings. The van der Waals surface area contributed by atoms with Crippen molar-refractivity contribution in [3.05, 3.63) is 42.0 Å². The third kappa shape index (κ3) is 1.76. The van der Waals surface area contributed by atoms with Gasteiger partial charge in [0.15, 0.2) is 5.79 Å². The summed E-state index contributed by atoms with van der Waals surface area (Å²) in [6.07, 6.45) is 0.788. The van der Waals surface area contributed by atoms with Gasteiger partial charge in [-0.3, -0.25) is 0 Å². The van der Waals surface area contributed by atoms with Crippen LogP contribution in [0.4, 0.5) is 0 Å². The average molecular weight is 244 g/mol. The van der Waals surface area contributed by atoms with E-state index in [0.717, 1.165) is 22.8 Å². The van der Waals surface area contributed by atoms with Crippen LogP contribution in [0.2, 0.25) is 0 Å². The Hall–Kier alpha value is -1.58. The van der Waals surface area contributed by atoms with Crippen LogP contribution in [0.25, 0.3) is 10.8 Å². The summed E-state index contributed by atoms with van der Waals surface area (Å²) in [6, 6.07) is 11.4. The van der Waals surface area contributed by atoms with Gasteiger partial charge in [-0.25, -0.2) is 0 Å². The number of hydrogen-bond donors (Lipinski definition) is 1. The van der Waals surface area contributed by atoms with E-state index in [9.17, 15) is 5.11 Å². The molecular formula is C15H16O3. The molecule has 1 saturated heterocycles. The zero-order valence-corrected chi connectivity index (χ0v) is 10.3. The molecule has 0 saturated carbocycles. The molecule has 0 bridgehead atoms. The molecule has 1 heterocycles. The van der Waals surface area contributed by atoms with E-state index < -0.39 is 5.79 Å². The molecular weight excluding hydrogens is 228 g/mol. The van der Waals surface area contributed by atoms with E-state index >= 15 is 0 Å². The number of ether oxygens (including phenoxy) is 2. The fraction of sp³-hybridized carbons (Fsp3) is 0.333. The minimum absolute atomic E-state index is 0.286. The van der Waals surface area contributed by atoms with Gasteiger partial charge in [0, 0.05) is 12.0 Å². The highest BCUT2D eigenvalue weighted by atomic mass is 16.7. The summed E-state index contributed by atoms with van der Waals surface area (Å²) in [5, 5.41) is 11.6. The summed E-state index contributed by atoms with van der Waals surface area (Å²) in [5.41, 5.74) is 1.04. The van der Waals surface area contributed by atoms with Crippen molar-refractivity contribution >= 4 is 10.8 Å². The molecule has 0 radical (unpaired) electrons. The van der Waals surface area contributed by atoms with Crippen LogP contribution in [0.5, 0.6) is 5.75 Å².